The SMILES string of the molecule is CC(CCN)c1cccc(N2CCN(C)C(=O)C2=O)c1. The largest absolute Gasteiger partial charge is 0.336 e. The molecule has 0 saturated carbocycles. The number of amides is 2. The minimum Gasteiger partial charge on any atom is -0.336 e. The highest BCUT2D eigenvalue weighted by molar-refractivity contribution is 6.40. The summed E-state index contributed by atoms with van der Waals surface area (Å²) < 4.78 is 0. The molecule has 2 N–H and O–H groups in total. The molecule has 1 aromatic carbocycles. The summed E-state index contributed by atoms with van der Waals surface area (Å²) in [6.07, 6.45) is 0.902. The van der Waals surface area contributed by atoms with Gasteiger partial charge in [-0.2, -0.15) is 0 Å². The lowest BCUT2D eigenvalue weighted by molar-refractivity contribution is -0.145. The van der Waals surface area contributed by atoms with Crippen molar-refractivity contribution in [3.05, 3.63) is 29.8 Å². The highest BCUT2D eigenvalue weighted by Crippen LogP contribution is 2.25. The van der Waals surface area contributed by atoms with Crippen LogP contribution in [0.2, 0.25) is 0 Å². The number of nitrogens with two attached hydrogens (primary N) is 1. The van der Waals surface area contributed by atoms with Crippen LogP contribution in [0.3, 0.4) is 0 Å². The van der Waals surface area contributed by atoms with E-state index in [2.05, 4.69) is 6.92 Å². The molecule has 1 atom stereocenters. The number of hydrogen-bond acceptors (Lipinski definition) is 3. The lowest BCUT2D eigenvalue weighted by Crippen LogP contribution is -2.53. The maximum absolute atomic E-state index is 12.1. The van der Waals surface area contributed by atoms with Crippen LogP contribution in [0, 0.1) is 0 Å². The first-order valence-corrected chi connectivity index (χ1v) is 6.91. The molecule has 1 fully saturated rings. The highest BCUT2D eigenvalue weighted by atomic mass is 16.2. The third-order valence-corrected chi connectivity index (χ3v) is 3.78. The maximum atomic E-state index is 12.1. The number of hydrogen-bond donors (Lipinski definition) is 1. The van der Waals surface area contributed by atoms with Gasteiger partial charge in [-0.25, -0.2) is 0 Å². The Balaban J connectivity index is 2.23. The van der Waals surface area contributed by atoms with Crippen LogP contribution in [0.15, 0.2) is 24.3 Å². The van der Waals surface area contributed by atoms with Gasteiger partial charge in [-0.1, -0.05) is 19.1 Å². The topological polar surface area (TPSA) is 66.6 Å². The molecular weight excluding hydrogens is 254 g/mol. The number of likely N-dealkylation sites (N-methyl/N-ethyl adjacent to an activating group) is 1. The zero-order valence-corrected chi connectivity index (χ0v) is 12.0. The first-order chi connectivity index (χ1) is 9.54. The number of nitrogens with zero attached hydrogens (tertiary/aromatic N) is 2. The van der Waals surface area contributed by atoms with Gasteiger partial charge in [0.1, 0.15) is 0 Å². The van der Waals surface area contributed by atoms with Crippen molar-refractivity contribution < 1.29 is 9.59 Å². The zero-order chi connectivity index (χ0) is 14.7. The Kier molecular flexibility index (Phi) is 4.39. The number of benzene rings is 1. The fraction of sp³-hybridized carbons (Fsp3) is 0.467. The van der Waals surface area contributed by atoms with Gasteiger partial charge in [-0.05, 0) is 36.6 Å². The molecule has 1 heterocycles. The average Bonchev–Trinajstić information content (AvgIpc) is 2.45. The Morgan fingerprint density at radius 2 is 2.00 bits per heavy atom. The number of piperazine rings is 1. The molecule has 20 heavy (non-hydrogen) atoms. The first kappa shape index (κ1) is 14.5. The third kappa shape index (κ3) is 2.82. The van der Waals surface area contributed by atoms with E-state index < -0.39 is 11.8 Å². The van der Waals surface area contributed by atoms with Crippen molar-refractivity contribution in [3.8, 4) is 0 Å². The zero-order valence-electron chi connectivity index (χ0n) is 12.0. The molecule has 1 saturated heterocycles. The van der Waals surface area contributed by atoms with Crippen molar-refractivity contribution in [2.45, 2.75) is 19.3 Å². The molecule has 5 heteroatoms. The molecule has 0 aromatic heterocycles. The predicted molar refractivity (Wildman–Crippen MR) is 78.5 cm³/mol. The van der Waals surface area contributed by atoms with Gasteiger partial charge in [0.25, 0.3) is 0 Å². The van der Waals surface area contributed by atoms with Gasteiger partial charge >= 0.3 is 11.8 Å². The van der Waals surface area contributed by atoms with Crippen LogP contribution in [-0.4, -0.2) is 43.4 Å². The first-order valence-electron chi connectivity index (χ1n) is 6.91. The molecule has 5 nitrogen and oxygen atoms in total. The molecule has 1 aliphatic rings. The van der Waals surface area contributed by atoms with Crippen LogP contribution in [0.25, 0.3) is 0 Å². The molecule has 108 valence electrons. The third-order valence-electron chi connectivity index (χ3n) is 3.78. The van der Waals surface area contributed by atoms with Gasteiger partial charge in [-0.3, -0.25) is 9.59 Å². The maximum Gasteiger partial charge on any atom is 0.316 e. The minimum atomic E-state index is -0.456. The molecule has 1 aromatic rings. The molecule has 0 bridgehead atoms. The van der Waals surface area contributed by atoms with Crippen LogP contribution in [0.5, 0.6) is 0 Å². The Bertz CT molecular complexity index is 516. The van der Waals surface area contributed by atoms with E-state index in [-0.39, 0.29) is 0 Å². The van der Waals surface area contributed by atoms with Crippen molar-refractivity contribution in [2.75, 3.05) is 31.6 Å². The fourth-order valence-corrected chi connectivity index (χ4v) is 2.39. The second-order valence-corrected chi connectivity index (χ2v) is 5.26. The number of anilines is 1. The van der Waals surface area contributed by atoms with Gasteiger partial charge < -0.3 is 15.5 Å². The minimum absolute atomic E-state index is 0.346. The van der Waals surface area contributed by atoms with Gasteiger partial charge in [-0.15, -0.1) is 0 Å². The van der Waals surface area contributed by atoms with E-state index >= 15 is 0 Å². The van der Waals surface area contributed by atoms with Crippen molar-refractivity contribution in [2.24, 2.45) is 5.73 Å². The quantitative estimate of drug-likeness (QED) is 0.832. The van der Waals surface area contributed by atoms with E-state index in [4.69, 9.17) is 5.73 Å². The number of carbonyl (C=O) groups excluding carboxylic acids is 2. The standard InChI is InChI=1S/C15H21N3O2/c1-11(6-7-16)12-4-3-5-13(10-12)18-9-8-17(2)14(19)15(18)20/h3-5,10-11H,6-9,16H2,1-2H3. The summed E-state index contributed by atoms with van der Waals surface area (Å²) in [4.78, 5) is 26.8. The van der Waals surface area contributed by atoms with E-state index in [1.807, 2.05) is 24.3 Å². The summed E-state index contributed by atoms with van der Waals surface area (Å²) in [6.45, 7) is 3.85. The van der Waals surface area contributed by atoms with E-state index in [1.54, 1.807) is 11.9 Å². The normalized spacial score (nSPS) is 17.6. The molecule has 0 spiro atoms. The number of rotatable bonds is 4. The van der Waals surface area contributed by atoms with E-state index in [0.29, 0.717) is 25.6 Å². The highest BCUT2D eigenvalue weighted by Gasteiger charge is 2.31. The van der Waals surface area contributed by atoms with E-state index in [9.17, 15) is 9.59 Å². The smallest absolute Gasteiger partial charge is 0.316 e. The predicted octanol–water partition coefficient (Wildman–Crippen LogP) is 0.944. The molecule has 0 radical (unpaired) electrons. The van der Waals surface area contributed by atoms with E-state index in [1.165, 1.54) is 4.90 Å². The van der Waals surface area contributed by atoms with Gasteiger partial charge in [0.2, 0.25) is 0 Å². The second kappa shape index (κ2) is 6.05. The van der Waals surface area contributed by atoms with Crippen LogP contribution in [0.1, 0.15) is 24.8 Å². The van der Waals surface area contributed by atoms with Gasteiger partial charge in [0.15, 0.2) is 0 Å². The monoisotopic (exact) mass is 275 g/mol. The Morgan fingerprint density at radius 3 is 2.70 bits per heavy atom. The van der Waals surface area contributed by atoms with Crippen molar-refractivity contribution in [1.82, 2.24) is 4.90 Å². The second-order valence-electron chi connectivity index (χ2n) is 5.26. The average molecular weight is 275 g/mol. The summed E-state index contributed by atoms with van der Waals surface area (Å²) in [5.41, 5.74) is 7.52. The summed E-state index contributed by atoms with van der Waals surface area (Å²) in [5, 5.41) is 0. The van der Waals surface area contributed by atoms with Crippen molar-refractivity contribution in [3.63, 3.8) is 0 Å². The van der Waals surface area contributed by atoms with Crippen LogP contribution in [0.4, 0.5) is 5.69 Å². The van der Waals surface area contributed by atoms with Crippen molar-refractivity contribution >= 4 is 17.5 Å². The van der Waals surface area contributed by atoms with Crippen LogP contribution >= 0.6 is 0 Å². The molecule has 0 aliphatic carbocycles. The molecule has 2 amide bonds. The van der Waals surface area contributed by atoms with Crippen molar-refractivity contribution in [1.29, 1.82) is 0 Å². The van der Waals surface area contributed by atoms with Gasteiger partial charge in [0.05, 0.1) is 0 Å². The fourth-order valence-electron chi connectivity index (χ4n) is 2.39. The number of carbonyl (C=O) groups is 2. The molecule has 1 unspecified atom stereocenters. The summed E-state index contributed by atoms with van der Waals surface area (Å²) in [6, 6.07) is 7.81. The Hall–Kier alpha value is -1.88. The summed E-state index contributed by atoms with van der Waals surface area (Å²) in [5.74, 6) is -0.558. The van der Waals surface area contributed by atoms with Gasteiger partial charge in [0, 0.05) is 25.8 Å². The Morgan fingerprint density at radius 1 is 1.25 bits per heavy atom. The summed E-state index contributed by atoms with van der Waals surface area (Å²) in [7, 11) is 1.65. The molecule has 1 aliphatic heterocycles. The lowest BCUT2D eigenvalue weighted by atomic mass is 9.97. The van der Waals surface area contributed by atoms with Crippen LogP contribution in [-0.2, 0) is 9.59 Å². The van der Waals surface area contributed by atoms with Crippen LogP contribution < -0.4 is 10.6 Å². The summed E-state index contributed by atoms with van der Waals surface area (Å²) >= 11 is 0. The lowest BCUT2D eigenvalue weighted by Gasteiger charge is -2.31. The molecule has 2 rings (SSSR count). The molecular formula is C15H21N3O2. The van der Waals surface area contributed by atoms with E-state index in [0.717, 1.165) is 17.7 Å². The Labute approximate surface area is 119 Å².